The van der Waals surface area contributed by atoms with E-state index in [0.717, 1.165) is 31.1 Å². The zero-order valence-corrected chi connectivity index (χ0v) is 9.45. The van der Waals surface area contributed by atoms with Crippen molar-refractivity contribution in [3.05, 3.63) is 34.9 Å². The first-order valence-electron chi connectivity index (χ1n) is 5.35. The van der Waals surface area contributed by atoms with Crippen LogP contribution in [0, 0.1) is 5.92 Å². The maximum absolute atomic E-state index is 9.04. The van der Waals surface area contributed by atoms with E-state index in [1.807, 2.05) is 12.1 Å². The van der Waals surface area contributed by atoms with Crippen LogP contribution < -0.4 is 0 Å². The van der Waals surface area contributed by atoms with E-state index in [-0.39, 0.29) is 0 Å². The molecule has 0 saturated carbocycles. The smallest absolute Gasteiger partial charge is 0.0471 e. The SMILES string of the molecule is OCC1CCN(Cc2ccc(Cl)cc2)C1. The summed E-state index contributed by atoms with van der Waals surface area (Å²) in [7, 11) is 0. The van der Waals surface area contributed by atoms with Crippen molar-refractivity contribution in [2.45, 2.75) is 13.0 Å². The Balaban J connectivity index is 1.90. The molecule has 0 aliphatic carbocycles. The maximum Gasteiger partial charge on any atom is 0.0471 e. The Morgan fingerprint density at radius 1 is 1.33 bits per heavy atom. The van der Waals surface area contributed by atoms with Crippen molar-refractivity contribution < 1.29 is 5.11 Å². The third kappa shape index (κ3) is 2.94. The molecule has 0 aromatic heterocycles. The minimum Gasteiger partial charge on any atom is -0.396 e. The summed E-state index contributed by atoms with van der Waals surface area (Å²) in [6.07, 6.45) is 1.12. The Bertz CT molecular complexity index is 312. The van der Waals surface area contributed by atoms with E-state index in [9.17, 15) is 0 Å². The molecule has 1 N–H and O–H groups in total. The van der Waals surface area contributed by atoms with Gasteiger partial charge in [-0.1, -0.05) is 23.7 Å². The number of nitrogens with zero attached hydrogens (tertiary/aromatic N) is 1. The van der Waals surface area contributed by atoms with Crippen LogP contribution in [0.25, 0.3) is 0 Å². The number of hydrogen-bond donors (Lipinski definition) is 1. The molecule has 1 fully saturated rings. The first kappa shape index (κ1) is 10.9. The summed E-state index contributed by atoms with van der Waals surface area (Å²) >= 11 is 5.83. The van der Waals surface area contributed by atoms with Crippen molar-refractivity contribution in [2.75, 3.05) is 19.7 Å². The molecule has 1 aromatic rings. The molecule has 0 spiro atoms. The fourth-order valence-electron chi connectivity index (χ4n) is 2.05. The molecule has 1 saturated heterocycles. The Morgan fingerprint density at radius 2 is 2.07 bits per heavy atom. The molecule has 82 valence electrons. The summed E-state index contributed by atoms with van der Waals surface area (Å²) in [4.78, 5) is 2.38. The Morgan fingerprint density at radius 3 is 2.67 bits per heavy atom. The summed E-state index contributed by atoms with van der Waals surface area (Å²) in [6, 6.07) is 7.98. The van der Waals surface area contributed by atoms with Crippen LogP contribution in [0.2, 0.25) is 5.02 Å². The van der Waals surface area contributed by atoms with Crippen LogP contribution in [0.3, 0.4) is 0 Å². The third-order valence-corrected chi connectivity index (χ3v) is 3.20. The molecule has 1 aliphatic rings. The second-order valence-electron chi connectivity index (χ2n) is 4.20. The number of likely N-dealkylation sites (tertiary alicyclic amines) is 1. The molecule has 1 heterocycles. The molecule has 1 aliphatic heterocycles. The van der Waals surface area contributed by atoms with Crippen LogP contribution >= 0.6 is 11.6 Å². The molecule has 0 bridgehead atoms. The van der Waals surface area contributed by atoms with Gasteiger partial charge in [-0.15, -0.1) is 0 Å². The topological polar surface area (TPSA) is 23.5 Å². The fourth-order valence-corrected chi connectivity index (χ4v) is 2.18. The van der Waals surface area contributed by atoms with Crippen molar-refractivity contribution in [1.82, 2.24) is 4.90 Å². The van der Waals surface area contributed by atoms with Crippen LogP contribution in [-0.2, 0) is 6.54 Å². The molecule has 1 unspecified atom stereocenters. The first-order chi connectivity index (χ1) is 7.28. The van der Waals surface area contributed by atoms with Gasteiger partial charge in [0.2, 0.25) is 0 Å². The summed E-state index contributed by atoms with van der Waals surface area (Å²) in [5.74, 6) is 0.470. The fraction of sp³-hybridized carbons (Fsp3) is 0.500. The predicted octanol–water partition coefficient (Wildman–Crippen LogP) is 2.15. The monoisotopic (exact) mass is 225 g/mol. The van der Waals surface area contributed by atoms with Crippen molar-refractivity contribution >= 4 is 11.6 Å². The minimum atomic E-state index is 0.317. The van der Waals surface area contributed by atoms with Gasteiger partial charge in [0.25, 0.3) is 0 Å². The highest BCUT2D eigenvalue weighted by molar-refractivity contribution is 6.30. The highest BCUT2D eigenvalue weighted by Crippen LogP contribution is 2.18. The Hall–Kier alpha value is -0.570. The van der Waals surface area contributed by atoms with Gasteiger partial charge in [-0.2, -0.15) is 0 Å². The number of hydrogen-bond acceptors (Lipinski definition) is 2. The van der Waals surface area contributed by atoms with Crippen LogP contribution in [-0.4, -0.2) is 29.7 Å². The van der Waals surface area contributed by atoms with Gasteiger partial charge < -0.3 is 5.11 Å². The Labute approximate surface area is 95.5 Å². The molecule has 3 heteroatoms. The van der Waals surface area contributed by atoms with Crippen molar-refractivity contribution in [1.29, 1.82) is 0 Å². The molecule has 0 amide bonds. The number of aliphatic hydroxyl groups is 1. The zero-order valence-electron chi connectivity index (χ0n) is 8.69. The minimum absolute atomic E-state index is 0.317. The van der Waals surface area contributed by atoms with Gasteiger partial charge in [-0.3, -0.25) is 4.90 Å². The molecule has 15 heavy (non-hydrogen) atoms. The second-order valence-corrected chi connectivity index (χ2v) is 4.64. The summed E-state index contributed by atoms with van der Waals surface area (Å²) in [5, 5.41) is 9.83. The highest BCUT2D eigenvalue weighted by Gasteiger charge is 2.21. The predicted molar refractivity (Wildman–Crippen MR) is 61.9 cm³/mol. The standard InChI is InChI=1S/C12H16ClNO/c13-12-3-1-10(2-4-12)7-14-6-5-11(8-14)9-15/h1-4,11,15H,5-9H2. The summed E-state index contributed by atoms with van der Waals surface area (Å²) in [5.41, 5.74) is 1.29. The Kier molecular flexibility index (Phi) is 3.62. The van der Waals surface area contributed by atoms with Crippen LogP contribution in [0.1, 0.15) is 12.0 Å². The molecule has 2 nitrogen and oxygen atoms in total. The quantitative estimate of drug-likeness (QED) is 0.852. The van der Waals surface area contributed by atoms with Crippen molar-refractivity contribution in [3.63, 3.8) is 0 Å². The molecule has 0 radical (unpaired) electrons. The largest absolute Gasteiger partial charge is 0.396 e. The maximum atomic E-state index is 9.04. The van der Waals surface area contributed by atoms with Gasteiger partial charge in [-0.25, -0.2) is 0 Å². The number of aliphatic hydroxyl groups excluding tert-OH is 1. The van der Waals surface area contributed by atoms with Crippen LogP contribution in [0.5, 0.6) is 0 Å². The number of rotatable bonds is 3. The van der Waals surface area contributed by atoms with E-state index in [0.29, 0.717) is 12.5 Å². The molecular formula is C12H16ClNO. The van der Waals surface area contributed by atoms with E-state index in [1.165, 1.54) is 5.56 Å². The summed E-state index contributed by atoms with van der Waals surface area (Å²) in [6.45, 7) is 3.39. The normalized spacial score (nSPS) is 22.1. The number of benzene rings is 1. The van der Waals surface area contributed by atoms with Crippen molar-refractivity contribution in [2.24, 2.45) is 5.92 Å². The lowest BCUT2D eigenvalue weighted by molar-refractivity contribution is 0.220. The van der Waals surface area contributed by atoms with E-state index < -0.39 is 0 Å². The second kappa shape index (κ2) is 4.97. The van der Waals surface area contributed by atoms with Crippen molar-refractivity contribution in [3.8, 4) is 0 Å². The van der Waals surface area contributed by atoms with Crippen LogP contribution in [0.15, 0.2) is 24.3 Å². The van der Waals surface area contributed by atoms with E-state index >= 15 is 0 Å². The van der Waals surface area contributed by atoms with Gasteiger partial charge in [-0.05, 0) is 36.6 Å². The van der Waals surface area contributed by atoms with Gasteiger partial charge in [0.05, 0.1) is 0 Å². The third-order valence-electron chi connectivity index (χ3n) is 2.95. The van der Waals surface area contributed by atoms with Gasteiger partial charge in [0.15, 0.2) is 0 Å². The highest BCUT2D eigenvalue weighted by atomic mass is 35.5. The lowest BCUT2D eigenvalue weighted by Crippen LogP contribution is -2.20. The average Bonchev–Trinajstić information content (AvgIpc) is 2.69. The van der Waals surface area contributed by atoms with Gasteiger partial charge >= 0.3 is 0 Å². The average molecular weight is 226 g/mol. The van der Waals surface area contributed by atoms with E-state index in [2.05, 4.69) is 17.0 Å². The van der Waals surface area contributed by atoms with E-state index in [4.69, 9.17) is 16.7 Å². The number of halogens is 1. The van der Waals surface area contributed by atoms with Crippen LogP contribution in [0.4, 0.5) is 0 Å². The molecular weight excluding hydrogens is 210 g/mol. The molecule has 1 atom stereocenters. The van der Waals surface area contributed by atoms with Gasteiger partial charge in [0.1, 0.15) is 0 Å². The summed E-state index contributed by atoms with van der Waals surface area (Å²) < 4.78 is 0. The lowest BCUT2D eigenvalue weighted by atomic mass is 10.1. The molecule has 2 rings (SSSR count). The van der Waals surface area contributed by atoms with Gasteiger partial charge in [0, 0.05) is 24.7 Å². The zero-order chi connectivity index (χ0) is 10.7. The first-order valence-corrected chi connectivity index (χ1v) is 5.73. The lowest BCUT2D eigenvalue weighted by Gasteiger charge is -2.15. The molecule has 1 aromatic carbocycles. The van der Waals surface area contributed by atoms with E-state index in [1.54, 1.807) is 0 Å².